The quantitative estimate of drug-likeness (QED) is 0.276. The summed E-state index contributed by atoms with van der Waals surface area (Å²) in [5, 5.41) is 6.68. The molecule has 29 heavy (non-hydrogen) atoms. The van der Waals surface area contributed by atoms with Crippen LogP contribution in [0.25, 0.3) is 48.2 Å². The number of hydrogen-bond donors (Lipinski definition) is 0. The standard InChI is InChI=1S/C26H20N2S/c1-5-21(27-4)16-9-11-22-20(13-16)18-7-6-8-19-24-23(28(22)25(18)19)12-10-17-14(2)15(3)29-26(17)24/h5-13H,1H2,2-4H3. The number of fused-ring (bicyclic) bond motifs is 8. The molecule has 0 aliphatic carbocycles. The van der Waals surface area contributed by atoms with Crippen LogP contribution >= 0.6 is 11.3 Å². The van der Waals surface area contributed by atoms with Crippen LogP contribution in [0, 0.1) is 13.8 Å². The Kier molecular flexibility index (Phi) is 3.28. The second kappa shape index (κ2) is 5.68. The van der Waals surface area contributed by atoms with Crippen molar-refractivity contribution >= 4 is 65.2 Å². The van der Waals surface area contributed by atoms with E-state index in [2.05, 4.69) is 78.4 Å². The number of aliphatic imine (C=N–C) groups is 1. The zero-order valence-corrected chi connectivity index (χ0v) is 17.5. The number of thiophene rings is 1. The third-order valence-electron chi connectivity index (χ3n) is 6.35. The first-order valence-electron chi connectivity index (χ1n) is 9.84. The molecule has 3 heteroatoms. The third kappa shape index (κ3) is 1.98. The molecule has 3 aromatic carbocycles. The van der Waals surface area contributed by atoms with Gasteiger partial charge in [0.2, 0.25) is 0 Å². The molecule has 140 valence electrons. The van der Waals surface area contributed by atoms with Gasteiger partial charge < -0.3 is 4.40 Å². The van der Waals surface area contributed by atoms with Gasteiger partial charge in [0.15, 0.2) is 0 Å². The Morgan fingerprint density at radius 3 is 2.55 bits per heavy atom. The van der Waals surface area contributed by atoms with E-state index in [-0.39, 0.29) is 0 Å². The summed E-state index contributed by atoms with van der Waals surface area (Å²) in [5.74, 6) is 0. The Labute approximate surface area is 172 Å². The highest BCUT2D eigenvalue weighted by molar-refractivity contribution is 7.20. The highest BCUT2D eigenvalue weighted by Gasteiger charge is 2.20. The van der Waals surface area contributed by atoms with E-state index in [1.807, 2.05) is 24.5 Å². The van der Waals surface area contributed by atoms with Gasteiger partial charge in [-0.15, -0.1) is 11.3 Å². The van der Waals surface area contributed by atoms with Crippen LogP contribution in [0.15, 0.2) is 66.2 Å². The van der Waals surface area contributed by atoms with E-state index in [4.69, 9.17) is 0 Å². The van der Waals surface area contributed by atoms with Gasteiger partial charge in [0.25, 0.3) is 0 Å². The summed E-state index contributed by atoms with van der Waals surface area (Å²) >= 11 is 1.92. The van der Waals surface area contributed by atoms with Gasteiger partial charge in [-0.2, -0.15) is 0 Å². The normalized spacial score (nSPS) is 13.0. The summed E-state index contributed by atoms with van der Waals surface area (Å²) in [6, 6.07) is 17.9. The van der Waals surface area contributed by atoms with Crippen molar-refractivity contribution in [1.29, 1.82) is 0 Å². The van der Waals surface area contributed by atoms with Crippen LogP contribution in [0.3, 0.4) is 0 Å². The van der Waals surface area contributed by atoms with Crippen LogP contribution in [0.2, 0.25) is 0 Å². The van der Waals surface area contributed by atoms with Crippen LogP contribution in [0.1, 0.15) is 16.0 Å². The van der Waals surface area contributed by atoms with Crippen LogP contribution in [0.5, 0.6) is 0 Å². The molecule has 0 saturated carbocycles. The van der Waals surface area contributed by atoms with Gasteiger partial charge in [0.05, 0.1) is 22.3 Å². The number of para-hydroxylation sites is 1. The number of benzene rings is 3. The first-order valence-corrected chi connectivity index (χ1v) is 10.7. The van der Waals surface area contributed by atoms with Crippen molar-refractivity contribution in [2.75, 3.05) is 7.05 Å². The molecule has 0 bridgehead atoms. The minimum absolute atomic E-state index is 0.924. The number of nitrogens with zero attached hydrogens (tertiary/aromatic N) is 2. The lowest BCUT2D eigenvalue weighted by atomic mass is 10.0. The van der Waals surface area contributed by atoms with Crippen molar-refractivity contribution in [3.8, 4) is 0 Å². The molecule has 0 spiro atoms. The van der Waals surface area contributed by atoms with E-state index in [0.29, 0.717) is 0 Å². The third-order valence-corrected chi connectivity index (χ3v) is 7.59. The fraction of sp³-hybridized carbons (Fsp3) is 0.115. The van der Waals surface area contributed by atoms with Gasteiger partial charge >= 0.3 is 0 Å². The molecule has 0 N–H and O–H groups in total. The molecule has 0 aliphatic rings. The monoisotopic (exact) mass is 392 g/mol. The number of rotatable bonds is 2. The summed E-state index contributed by atoms with van der Waals surface area (Å²) in [4.78, 5) is 5.78. The van der Waals surface area contributed by atoms with Gasteiger partial charge in [-0.05, 0) is 49.1 Å². The molecule has 2 nitrogen and oxygen atoms in total. The van der Waals surface area contributed by atoms with Crippen molar-refractivity contribution in [2.24, 2.45) is 4.99 Å². The van der Waals surface area contributed by atoms with Gasteiger partial charge in [-0.1, -0.05) is 36.9 Å². The largest absolute Gasteiger partial charge is 0.308 e. The molecule has 0 aliphatic heterocycles. The summed E-state index contributed by atoms with van der Waals surface area (Å²) in [5.41, 5.74) is 7.30. The van der Waals surface area contributed by atoms with E-state index in [9.17, 15) is 0 Å². The highest BCUT2D eigenvalue weighted by Crippen LogP contribution is 2.44. The molecule has 3 aromatic heterocycles. The SMILES string of the molecule is C=CC(=NC)c1ccc2c(c1)c1cccc3c4c5sc(C)c(C)c5ccc4n2c13. The molecule has 0 amide bonds. The van der Waals surface area contributed by atoms with E-state index in [1.165, 1.54) is 58.6 Å². The Hall–Kier alpha value is -3.17. The fourth-order valence-electron chi connectivity index (χ4n) is 4.86. The fourth-order valence-corrected chi connectivity index (χ4v) is 6.07. The van der Waals surface area contributed by atoms with Crippen LogP contribution in [-0.2, 0) is 0 Å². The Morgan fingerprint density at radius 2 is 1.76 bits per heavy atom. The molecule has 6 rings (SSSR count). The molecule has 0 atom stereocenters. The molecule has 6 aromatic rings. The first-order chi connectivity index (χ1) is 14.1. The lowest BCUT2D eigenvalue weighted by Gasteiger charge is -2.03. The smallest absolute Gasteiger partial charge is 0.0637 e. The number of hydrogen-bond acceptors (Lipinski definition) is 2. The van der Waals surface area contributed by atoms with Crippen molar-refractivity contribution in [1.82, 2.24) is 4.40 Å². The number of aryl methyl sites for hydroxylation is 2. The highest BCUT2D eigenvalue weighted by atomic mass is 32.1. The van der Waals surface area contributed by atoms with Gasteiger partial charge in [-0.25, -0.2) is 0 Å². The second-order valence-electron chi connectivity index (χ2n) is 7.70. The number of aromatic nitrogens is 1. The van der Waals surface area contributed by atoms with E-state index in [0.717, 1.165) is 11.3 Å². The van der Waals surface area contributed by atoms with Crippen LogP contribution < -0.4 is 0 Å². The molecule has 0 saturated heterocycles. The molecule has 0 fully saturated rings. The van der Waals surface area contributed by atoms with E-state index >= 15 is 0 Å². The second-order valence-corrected chi connectivity index (χ2v) is 8.93. The van der Waals surface area contributed by atoms with E-state index < -0.39 is 0 Å². The zero-order chi connectivity index (χ0) is 19.9. The van der Waals surface area contributed by atoms with Crippen molar-refractivity contribution in [3.63, 3.8) is 0 Å². The predicted molar refractivity (Wildman–Crippen MR) is 129 cm³/mol. The molecule has 0 radical (unpaired) electrons. The van der Waals surface area contributed by atoms with Gasteiger partial charge in [-0.3, -0.25) is 4.99 Å². The lowest BCUT2D eigenvalue weighted by Crippen LogP contribution is -1.95. The topological polar surface area (TPSA) is 16.8 Å². The predicted octanol–water partition coefficient (Wildman–Crippen LogP) is 7.27. The maximum Gasteiger partial charge on any atom is 0.0637 e. The van der Waals surface area contributed by atoms with Gasteiger partial charge in [0.1, 0.15) is 0 Å². The minimum atomic E-state index is 0.924. The lowest BCUT2D eigenvalue weighted by molar-refractivity contribution is 1.37. The average Bonchev–Trinajstić information content (AvgIpc) is 3.35. The summed E-state index contributed by atoms with van der Waals surface area (Å²) in [7, 11) is 1.82. The van der Waals surface area contributed by atoms with Crippen molar-refractivity contribution in [3.05, 3.63) is 77.2 Å². The van der Waals surface area contributed by atoms with Crippen LogP contribution in [0.4, 0.5) is 0 Å². The Bertz CT molecular complexity index is 1640. The molecule has 0 unspecified atom stereocenters. The maximum absolute atomic E-state index is 4.38. The van der Waals surface area contributed by atoms with E-state index in [1.54, 1.807) is 0 Å². The van der Waals surface area contributed by atoms with Crippen molar-refractivity contribution in [2.45, 2.75) is 13.8 Å². The number of allylic oxidation sites excluding steroid dienone is 1. The van der Waals surface area contributed by atoms with Crippen molar-refractivity contribution < 1.29 is 0 Å². The summed E-state index contributed by atoms with van der Waals surface area (Å²) < 4.78 is 3.85. The summed E-state index contributed by atoms with van der Waals surface area (Å²) in [6.45, 7) is 8.38. The zero-order valence-electron chi connectivity index (χ0n) is 16.7. The maximum atomic E-state index is 4.38. The van der Waals surface area contributed by atoms with Gasteiger partial charge in [0, 0.05) is 43.7 Å². The first kappa shape index (κ1) is 16.8. The summed E-state index contributed by atoms with van der Waals surface area (Å²) in [6.07, 6.45) is 1.82. The average molecular weight is 393 g/mol. The minimum Gasteiger partial charge on any atom is -0.308 e. The molecular formula is C26H20N2S. The Morgan fingerprint density at radius 1 is 0.966 bits per heavy atom. The van der Waals surface area contributed by atoms with Crippen LogP contribution in [-0.4, -0.2) is 17.2 Å². The Balaban J connectivity index is 1.86. The molecular weight excluding hydrogens is 372 g/mol. The molecule has 3 heterocycles.